The van der Waals surface area contributed by atoms with Gasteiger partial charge < -0.3 is 10.1 Å². The highest BCUT2D eigenvalue weighted by molar-refractivity contribution is 9.10. The Bertz CT molecular complexity index is 350. The molecule has 1 unspecified atom stereocenters. The van der Waals surface area contributed by atoms with E-state index in [1.807, 2.05) is 24.3 Å². The number of rotatable bonds is 2. The quantitative estimate of drug-likeness (QED) is 0.884. The van der Waals surface area contributed by atoms with E-state index in [1.165, 1.54) is 5.56 Å². The molecule has 3 nitrogen and oxygen atoms in total. The zero-order chi connectivity index (χ0) is 10.7. The Morgan fingerprint density at radius 3 is 2.80 bits per heavy atom. The number of carbonyl (C=O) groups is 1. The molecule has 1 heterocycles. The molecule has 0 aliphatic carbocycles. The van der Waals surface area contributed by atoms with Crippen LogP contribution in [-0.2, 0) is 16.0 Å². The van der Waals surface area contributed by atoms with E-state index in [4.69, 9.17) is 4.74 Å². The van der Waals surface area contributed by atoms with E-state index in [0.717, 1.165) is 10.9 Å². The van der Waals surface area contributed by atoms with Crippen LogP contribution in [0.5, 0.6) is 0 Å². The first-order valence-electron chi connectivity index (χ1n) is 4.85. The van der Waals surface area contributed by atoms with E-state index in [2.05, 4.69) is 21.2 Å². The summed E-state index contributed by atoms with van der Waals surface area (Å²) in [7, 11) is 0. The lowest BCUT2D eigenvalue weighted by Gasteiger charge is -2.23. The van der Waals surface area contributed by atoms with Crippen molar-refractivity contribution in [3.63, 3.8) is 0 Å². The average molecular weight is 270 g/mol. The van der Waals surface area contributed by atoms with Gasteiger partial charge in [0.15, 0.2) is 0 Å². The van der Waals surface area contributed by atoms with Crippen LogP contribution in [0.2, 0.25) is 0 Å². The van der Waals surface area contributed by atoms with Crippen LogP contribution < -0.4 is 5.32 Å². The maximum absolute atomic E-state index is 11.1. The van der Waals surface area contributed by atoms with Crippen molar-refractivity contribution in [3.05, 3.63) is 34.3 Å². The number of hydrogen-bond donors (Lipinski definition) is 1. The fraction of sp³-hybridized carbons (Fsp3) is 0.364. The average Bonchev–Trinajstić information content (AvgIpc) is 2.22. The second-order valence-electron chi connectivity index (χ2n) is 3.61. The lowest BCUT2D eigenvalue weighted by Crippen LogP contribution is -2.46. The van der Waals surface area contributed by atoms with E-state index < -0.39 is 0 Å². The second kappa shape index (κ2) is 4.77. The van der Waals surface area contributed by atoms with Gasteiger partial charge in [0.25, 0.3) is 0 Å². The van der Waals surface area contributed by atoms with E-state index in [-0.39, 0.29) is 18.6 Å². The third kappa shape index (κ3) is 3.04. The van der Waals surface area contributed by atoms with Gasteiger partial charge in [-0.25, -0.2) is 0 Å². The van der Waals surface area contributed by atoms with Crippen molar-refractivity contribution in [1.82, 2.24) is 5.32 Å². The molecule has 15 heavy (non-hydrogen) atoms. The lowest BCUT2D eigenvalue weighted by molar-refractivity contribution is -0.131. The summed E-state index contributed by atoms with van der Waals surface area (Å²) in [5.74, 6) is -0.0247. The van der Waals surface area contributed by atoms with Gasteiger partial charge in [-0.15, -0.1) is 0 Å². The predicted molar refractivity (Wildman–Crippen MR) is 60.6 cm³/mol. The molecule has 1 fully saturated rings. The monoisotopic (exact) mass is 269 g/mol. The van der Waals surface area contributed by atoms with Crippen LogP contribution in [0.1, 0.15) is 5.56 Å². The summed E-state index contributed by atoms with van der Waals surface area (Å²) in [5.41, 5.74) is 1.20. The number of nitrogens with one attached hydrogen (secondary N) is 1. The Morgan fingerprint density at radius 1 is 1.40 bits per heavy atom. The smallest absolute Gasteiger partial charge is 0.246 e. The normalized spacial score (nSPS) is 21.1. The maximum Gasteiger partial charge on any atom is 0.246 e. The minimum atomic E-state index is -0.0247. The van der Waals surface area contributed by atoms with Gasteiger partial charge in [0.1, 0.15) is 6.61 Å². The summed E-state index contributed by atoms with van der Waals surface area (Å²) in [6, 6.07) is 8.20. The van der Waals surface area contributed by atoms with Crippen LogP contribution in [-0.4, -0.2) is 25.2 Å². The Kier molecular flexibility index (Phi) is 3.38. The zero-order valence-electron chi connectivity index (χ0n) is 8.20. The number of amides is 1. The maximum atomic E-state index is 11.1. The number of hydrogen-bond acceptors (Lipinski definition) is 2. The molecule has 1 aromatic carbocycles. The highest BCUT2D eigenvalue weighted by Gasteiger charge is 2.18. The fourth-order valence-electron chi connectivity index (χ4n) is 1.62. The topological polar surface area (TPSA) is 38.3 Å². The van der Waals surface area contributed by atoms with E-state index in [0.29, 0.717) is 6.61 Å². The van der Waals surface area contributed by atoms with Crippen molar-refractivity contribution in [3.8, 4) is 0 Å². The molecule has 1 aliphatic rings. The van der Waals surface area contributed by atoms with E-state index >= 15 is 0 Å². The Balaban J connectivity index is 1.96. The van der Waals surface area contributed by atoms with Gasteiger partial charge >= 0.3 is 0 Å². The molecular weight excluding hydrogens is 258 g/mol. The first-order valence-corrected chi connectivity index (χ1v) is 5.65. The highest BCUT2D eigenvalue weighted by atomic mass is 79.9. The van der Waals surface area contributed by atoms with E-state index in [9.17, 15) is 4.79 Å². The van der Waals surface area contributed by atoms with E-state index in [1.54, 1.807) is 0 Å². The van der Waals surface area contributed by atoms with Crippen LogP contribution in [0, 0.1) is 0 Å². The van der Waals surface area contributed by atoms with Crippen LogP contribution in [0.4, 0.5) is 0 Å². The summed E-state index contributed by atoms with van der Waals surface area (Å²) in [6.45, 7) is 0.790. The number of halogens is 1. The molecule has 1 atom stereocenters. The van der Waals surface area contributed by atoms with Crippen molar-refractivity contribution in [2.45, 2.75) is 12.5 Å². The van der Waals surface area contributed by atoms with Gasteiger partial charge in [-0.2, -0.15) is 0 Å². The fourth-order valence-corrected chi connectivity index (χ4v) is 1.88. The Morgan fingerprint density at radius 2 is 2.13 bits per heavy atom. The summed E-state index contributed by atoms with van der Waals surface area (Å²) >= 11 is 3.39. The van der Waals surface area contributed by atoms with Gasteiger partial charge in [-0.05, 0) is 24.1 Å². The van der Waals surface area contributed by atoms with Gasteiger partial charge in [0.05, 0.1) is 12.6 Å². The molecule has 1 aliphatic heterocycles. The molecule has 0 bridgehead atoms. The van der Waals surface area contributed by atoms with Crippen LogP contribution in [0.25, 0.3) is 0 Å². The number of morpholine rings is 1. The third-order valence-electron chi connectivity index (χ3n) is 2.31. The molecule has 1 saturated heterocycles. The molecule has 0 radical (unpaired) electrons. The van der Waals surface area contributed by atoms with Gasteiger partial charge in [-0.3, -0.25) is 4.79 Å². The molecular formula is C11H12BrNO2. The van der Waals surface area contributed by atoms with Gasteiger partial charge in [0.2, 0.25) is 5.91 Å². The van der Waals surface area contributed by atoms with Gasteiger partial charge in [0, 0.05) is 4.47 Å². The van der Waals surface area contributed by atoms with Crippen molar-refractivity contribution in [2.24, 2.45) is 0 Å². The van der Waals surface area contributed by atoms with Crippen molar-refractivity contribution >= 4 is 21.8 Å². The molecule has 1 aromatic rings. The van der Waals surface area contributed by atoms with Crippen LogP contribution >= 0.6 is 15.9 Å². The first kappa shape index (κ1) is 10.6. The molecule has 1 amide bonds. The summed E-state index contributed by atoms with van der Waals surface area (Å²) in [4.78, 5) is 11.1. The summed E-state index contributed by atoms with van der Waals surface area (Å²) in [5, 5.41) is 2.90. The molecule has 0 saturated carbocycles. The third-order valence-corrected chi connectivity index (χ3v) is 2.84. The zero-order valence-corrected chi connectivity index (χ0v) is 9.79. The number of ether oxygens (including phenoxy) is 1. The second-order valence-corrected chi connectivity index (χ2v) is 4.53. The van der Waals surface area contributed by atoms with Crippen LogP contribution in [0.3, 0.4) is 0 Å². The van der Waals surface area contributed by atoms with Crippen molar-refractivity contribution < 1.29 is 9.53 Å². The molecule has 4 heteroatoms. The summed E-state index contributed by atoms with van der Waals surface area (Å²) in [6.07, 6.45) is 0.818. The Hall–Kier alpha value is -0.870. The minimum absolute atomic E-state index is 0.0247. The lowest BCUT2D eigenvalue weighted by atomic mass is 10.1. The first-order chi connectivity index (χ1) is 7.24. The molecule has 80 valence electrons. The number of benzene rings is 1. The molecule has 0 aromatic heterocycles. The van der Waals surface area contributed by atoms with Crippen molar-refractivity contribution in [1.29, 1.82) is 0 Å². The molecule has 0 spiro atoms. The Labute approximate surface area is 96.9 Å². The minimum Gasteiger partial charge on any atom is -0.369 e. The van der Waals surface area contributed by atoms with Gasteiger partial charge in [-0.1, -0.05) is 28.1 Å². The standard InChI is InChI=1S/C11H12BrNO2/c12-9-3-1-8(2-4-9)5-10-6-15-7-11(14)13-10/h1-4,10H,5-7H2,(H,13,14). The largest absolute Gasteiger partial charge is 0.369 e. The van der Waals surface area contributed by atoms with Crippen molar-refractivity contribution in [2.75, 3.05) is 13.2 Å². The molecule has 2 rings (SSSR count). The van der Waals surface area contributed by atoms with Crippen LogP contribution in [0.15, 0.2) is 28.7 Å². The number of carbonyl (C=O) groups excluding carboxylic acids is 1. The SMILES string of the molecule is O=C1COCC(Cc2ccc(Br)cc2)N1. The summed E-state index contributed by atoms with van der Waals surface area (Å²) < 4.78 is 6.23. The molecule has 1 N–H and O–H groups in total. The highest BCUT2D eigenvalue weighted by Crippen LogP contribution is 2.12. The predicted octanol–water partition coefficient (Wildman–Crippen LogP) is 1.51.